The molecule has 1 aliphatic heterocycles. The molecule has 33 heavy (non-hydrogen) atoms. The molecule has 0 saturated heterocycles. The Kier molecular flexibility index (Phi) is 6.36. The van der Waals surface area contributed by atoms with E-state index in [1.54, 1.807) is 4.90 Å². The summed E-state index contributed by atoms with van der Waals surface area (Å²) in [5, 5.41) is 0. The van der Waals surface area contributed by atoms with Crippen LogP contribution in [0.4, 0.5) is 4.79 Å². The van der Waals surface area contributed by atoms with Crippen molar-refractivity contribution in [3.8, 4) is 0 Å². The fraction of sp³-hybridized carbons (Fsp3) is 0.370. The predicted octanol–water partition coefficient (Wildman–Crippen LogP) is 4.74. The van der Waals surface area contributed by atoms with E-state index < -0.39 is 5.60 Å². The third-order valence-electron chi connectivity index (χ3n) is 5.80. The molecule has 2 heterocycles. The number of fused-ring (bicyclic) bond motifs is 1. The predicted molar refractivity (Wildman–Crippen MR) is 128 cm³/mol. The van der Waals surface area contributed by atoms with E-state index in [1.807, 2.05) is 92.9 Å². The number of amides is 1. The van der Waals surface area contributed by atoms with Crippen molar-refractivity contribution in [2.24, 2.45) is 0 Å². The SMILES string of the molecule is CCc1nc2c(c(=O)n1C(c1ccccc1)c1ccccc1)CCN(C(=O)OC(C)(C)C)C2. The van der Waals surface area contributed by atoms with Crippen molar-refractivity contribution < 1.29 is 9.53 Å². The highest BCUT2D eigenvalue weighted by Crippen LogP contribution is 2.28. The maximum Gasteiger partial charge on any atom is 0.410 e. The van der Waals surface area contributed by atoms with Gasteiger partial charge in [-0.05, 0) is 38.3 Å². The summed E-state index contributed by atoms with van der Waals surface area (Å²) >= 11 is 0. The molecule has 6 heteroatoms. The molecule has 3 aromatic rings. The second kappa shape index (κ2) is 9.22. The number of carbonyl (C=O) groups excluding carboxylic acids is 1. The van der Waals surface area contributed by atoms with Gasteiger partial charge in [-0.15, -0.1) is 0 Å². The summed E-state index contributed by atoms with van der Waals surface area (Å²) in [5.74, 6) is 0.711. The van der Waals surface area contributed by atoms with Gasteiger partial charge in [-0.25, -0.2) is 9.78 Å². The van der Waals surface area contributed by atoms with Gasteiger partial charge in [-0.2, -0.15) is 0 Å². The number of carbonyl (C=O) groups is 1. The van der Waals surface area contributed by atoms with Crippen LogP contribution in [0.1, 0.15) is 61.9 Å². The largest absolute Gasteiger partial charge is 0.444 e. The Balaban J connectivity index is 1.79. The van der Waals surface area contributed by atoms with Crippen molar-refractivity contribution in [1.82, 2.24) is 14.5 Å². The number of hydrogen-bond acceptors (Lipinski definition) is 4. The number of benzene rings is 2. The molecule has 1 aliphatic rings. The summed E-state index contributed by atoms with van der Waals surface area (Å²) in [6.07, 6.45) is 0.690. The lowest BCUT2D eigenvalue weighted by Crippen LogP contribution is -2.44. The molecule has 1 aromatic heterocycles. The quantitative estimate of drug-likeness (QED) is 0.582. The smallest absolute Gasteiger partial charge is 0.410 e. The van der Waals surface area contributed by atoms with Crippen LogP contribution >= 0.6 is 0 Å². The average molecular weight is 446 g/mol. The first kappa shape index (κ1) is 22.8. The zero-order valence-electron chi connectivity index (χ0n) is 19.7. The van der Waals surface area contributed by atoms with Gasteiger partial charge < -0.3 is 9.64 Å². The first-order valence-corrected chi connectivity index (χ1v) is 11.5. The van der Waals surface area contributed by atoms with Crippen LogP contribution in [0, 0.1) is 0 Å². The molecule has 4 rings (SSSR count). The molecule has 0 aliphatic carbocycles. The molecule has 0 fully saturated rings. The van der Waals surface area contributed by atoms with Gasteiger partial charge in [0.1, 0.15) is 11.4 Å². The van der Waals surface area contributed by atoms with Crippen LogP contribution in [-0.4, -0.2) is 32.7 Å². The van der Waals surface area contributed by atoms with E-state index in [9.17, 15) is 9.59 Å². The third-order valence-corrected chi connectivity index (χ3v) is 5.80. The van der Waals surface area contributed by atoms with Crippen molar-refractivity contribution in [3.05, 3.63) is 99.2 Å². The normalized spacial score (nSPS) is 13.7. The van der Waals surface area contributed by atoms with Gasteiger partial charge in [0.05, 0.1) is 18.3 Å². The maximum atomic E-state index is 13.9. The highest BCUT2D eigenvalue weighted by atomic mass is 16.6. The average Bonchev–Trinajstić information content (AvgIpc) is 2.80. The minimum absolute atomic E-state index is 0.0293. The summed E-state index contributed by atoms with van der Waals surface area (Å²) in [7, 11) is 0. The molecular weight excluding hydrogens is 414 g/mol. The van der Waals surface area contributed by atoms with Crippen molar-refractivity contribution >= 4 is 6.09 Å². The molecular formula is C27H31N3O3. The lowest BCUT2D eigenvalue weighted by atomic mass is 9.97. The van der Waals surface area contributed by atoms with Crippen LogP contribution in [0.3, 0.4) is 0 Å². The van der Waals surface area contributed by atoms with Gasteiger partial charge in [0.15, 0.2) is 0 Å². The number of hydrogen-bond donors (Lipinski definition) is 0. The topological polar surface area (TPSA) is 64.4 Å². The molecule has 0 unspecified atom stereocenters. The molecule has 0 bridgehead atoms. The second-order valence-electron chi connectivity index (χ2n) is 9.36. The van der Waals surface area contributed by atoms with Crippen LogP contribution in [-0.2, 0) is 24.1 Å². The maximum absolute atomic E-state index is 13.9. The standard InChI is InChI=1S/C27H31N3O3/c1-5-23-28-22-18-29(26(32)33-27(2,3)4)17-16-21(22)25(31)30(23)24(19-12-8-6-9-13-19)20-14-10-7-11-15-20/h6-15,24H,5,16-18H2,1-4H3. The summed E-state index contributed by atoms with van der Waals surface area (Å²) < 4.78 is 7.37. The Labute approximate surface area is 194 Å². The summed E-state index contributed by atoms with van der Waals surface area (Å²) in [6.45, 7) is 8.28. The Morgan fingerprint density at radius 2 is 1.61 bits per heavy atom. The van der Waals surface area contributed by atoms with E-state index in [2.05, 4.69) is 0 Å². The van der Waals surface area contributed by atoms with Gasteiger partial charge >= 0.3 is 6.09 Å². The van der Waals surface area contributed by atoms with E-state index >= 15 is 0 Å². The van der Waals surface area contributed by atoms with Gasteiger partial charge in [-0.3, -0.25) is 9.36 Å². The lowest BCUT2D eigenvalue weighted by Gasteiger charge is -2.32. The van der Waals surface area contributed by atoms with E-state index in [4.69, 9.17) is 9.72 Å². The Bertz CT molecular complexity index is 1140. The van der Waals surface area contributed by atoms with E-state index in [0.29, 0.717) is 36.5 Å². The van der Waals surface area contributed by atoms with Crippen LogP contribution in [0.25, 0.3) is 0 Å². The van der Waals surface area contributed by atoms with Gasteiger partial charge in [0.25, 0.3) is 5.56 Å². The van der Waals surface area contributed by atoms with Crippen molar-refractivity contribution in [3.63, 3.8) is 0 Å². The number of rotatable bonds is 4. The molecule has 0 atom stereocenters. The van der Waals surface area contributed by atoms with E-state index in [0.717, 1.165) is 11.1 Å². The first-order valence-electron chi connectivity index (χ1n) is 11.5. The summed E-state index contributed by atoms with van der Waals surface area (Å²) in [5.41, 5.74) is 2.83. The molecule has 2 aromatic carbocycles. The number of nitrogens with zero attached hydrogens (tertiary/aromatic N) is 3. The van der Waals surface area contributed by atoms with Crippen LogP contribution in [0.5, 0.6) is 0 Å². The Hall–Kier alpha value is -3.41. The van der Waals surface area contributed by atoms with Gasteiger partial charge in [0.2, 0.25) is 0 Å². The summed E-state index contributed by atoms with van der Waals surface area (Å²) in [4.78, 5) is 33.0. The second-order valence-corrected chi connectivity index (χ2v) is 9.36. The third kappa shape index (κ3) is 4.85. The highest BCUT2D eigenvalue weighted by molar-refractivity contribution is 5.68. The number of ether oxygens (including phenoxy) is 1. The first-order chi connectivity index (χ1) is 15.8. The lowest BCUT2D eigenvalue weighted by molar-refractivity contribution is 0.0219. The minimum Gasteiger partial charge on any atom is -0.444 e. The molecule has 1 amide bonds. The highest BCUT2D eigenvalue weighted by Gasteiger charge is 2.30. The molecule has 0 saturated carbocycles. The van der Waals surface area contributed by atoms with Crippen LogP contribution in [0.2, 0.25) is 0 Å². The van der Waals surface area contributed by atoms with Crippen molar-refractivity contribution in [1.29, 1.82) is 0 Å². The van der Waals surface area contributed by atoms with Crippen LogP contribution in [0.15, 0.2) is 65.5 Å². The molecule has 0 radical (unpaired) electrons. The fourth-order valence-electron chi connectivity index (χ4n) is 4.31. The van der Waals surface area contributed by atoms with Gasteiger partial charge in [0, 0.05) is 18.5 Å². The molecule has 172 valence electrons. The molecule has 0 spiro atoms. The van der Waals surface area contributed by atoms with Gasteiger partial charge in [-0.1, -0.05) is 67.6 Å². The minimum atomic E-state index is -0.568. The number of aryl methyl sites for hydroxylation is 1. The zero-order valence-corrected chi connectivity index (χ0v) is 19.7. The Morgan fingerprint density at radius 3 is 2.12 bits per heavy atom. The molecule has 6 nitrogen and oxygen atoms in total. The van der Waals surface area contributed by atoms with E-state index in [-0.39, 0.29) is 24.2 Å². The molecule has 0 N–H and O–H groups in total. The fourth-order valence-corrected chi connectivity index (χ4v) is 4.31. The van der Waals surface area contributed by atoms with E-state index in [1.165, 1.54) is 0 Å². The monoisotopic (exact) mass is 445 g/mol. The number of aromatic nitrogens is 2. The zero-order chi connectivity index (χ0) is 23.6. The van der Waals surface area contributed by atoms with Crippen molar-refractivity contribution in [2.75, 3.05) is 6.54 Å². The van der Waals surface area contributed by atoms with Crippen LogP contribution < -0.4 is 5.56 Å². The Morgan fingerprint density at radius 1 is 1.03 bits per heavy atom. The van der Waals surface area contributed by atoms with Crippen molar-refractivity contribution in [2.45, 2.75) is 58.7 Å². The summed E-state index contributed by atoms with van der Waals surface area (Å²) in [6, 6.07) is 19.9.